The van der Waals surface area contributed by atoms with Gasteiger partial charge < -0.3 is 14.0 Å². The molecule has 4 nitrogen and oxygen atoms in total. The summed E-state index contributed by atoms with van der Waals surface area (Å²) in [5.41, 5.74) is 0.820. The lowest BCUT2D eigenvalue weighted by Gasteiger charge is -2.27. The van der Waals surface area contributed by atoms with Crippen LogP contribution >= 0.6 is 11.6 Å². The first-order chi connectivity index (χ1) is 10.8. The highest BCUT2D eigenvalue weighted by Crippen LogP contribution is 2.29. The molecule has 1 heterocycles. The molecule has 1 aromatic carbocycles. The van der Waals surface area contributed by atoms with E-state index in [0.717, 1.165) is 17.1 Å². The third-order valence-corrected chi connectivity index (χ3v) is 3.49. The molecule has 1 atom stereocenters. The highest BCUT2D eigenvalue weighted by Gasteiger charge is 2.22. The van der Waals surface area contributed by atoms with Gasteiger partial charge in [0.1, 0.15) is 11.5 Å². The van der Waals surface area contributed by atoms with Gasteiger partial charge in [-0.25, -0.2) is 4.98 Å². The van der Waals surface area contributed by atoms with Crippen LogP contribution in [0.2, 0.25) is 5.02 Å². The van der Waals surface area contributed by atoms with Gasteiger partial charge in [0.25, 0.3) is 0 Å². The Balaban J connectivity index is 2.13. The monoisotopic (exact) mass is 334 g/mol. The van der Waals surface area contributed by atoms with Gasteiger partial charge in [-0.1, -0.05) is 32.4 Å². The summed E-state index contributed by atoms with van der Waals surface area (Å²) in [4.78, 5) is 4.04. The number of imidazole rings is 1. The third-order valence-electron chi connectivity index (χ3n) is 3.25. The normalized spacial score (nSPS) is 13.7. The summed E-state index contributed by atoms with van der Waals surface area (Å²) in [6.45, 7) is 10.1. The van der Waals surface area contributed by atoms with Crippen LogP contribution in [0.3, 0.4) is 0 Å². The van der Waals surface area contributed by atoms with Crippen LogP contribution in [0.15, 0.2) is 42.7 Å². The molecule has 0 saturated heterocycles. The molecule has 2 rings (SSSR count). The Labute approximate surface area is 142 Å². The molecule has 0 aliphatic carbocycles. The van der Waals surface area contributed by atoms with Gasteiger partial charge in [0.2, 0.25) is 6.29 Å². The molecule has 0 radical (unpaired) electrons. The molecule has 0 aliphatic heterocycles. The molecule has 0 saturated carbocycles. The second kappa shape index (κ2) is 7.09. The van der Waals surface area contributed by atoms with Gasteiger partial charge in [0.15, 0.2) is 0 Å². The SMILES string of the molecule is Cc1cc(Cl)ccc1OC(C)O/C(=C\n1ccnc1)C(C)(C)C. The Morgan fingerprint density at radius 1 is 1.35 bits per heavy atom. The van der Waals surface area contributed by atoms with Gasteiger partial charge in [-0.3, -0.25) is 0 Å². The molecule has 23 heavy (non-hydrogen) atoms. The minimum absolute atomic E-state index is 0.156. The number of aryl methyl sites for hydroxylation is 1. The Bertz CT molecular complexity index is 673. The van der Waals surface area contributed by atoms with Crippen molar-refractivity contribution in [1.82, 2.24) is 9.55 Å². The first-order valence-electron chi connectivity index (χ1n) is 7.55. The lowest BCUT2D eigenvalue weighted by molar-refractivity contribution is -0.0459. The molecule has 0 N–H and O–H groups in total. The molecular weight excluding hydrogens is 312 g/mol. The fraction of sp³-hybridized carbons (Fsp3) is 0.389. The number of hydrogen-bond acceptors (Lipinski definition) is 3. The molecule has 0 spiro atoms. The van der Waals surface area contributed by atoms with Crippen molar-refractivity contribution in [2.75, 3.05) is 0 Å². The van der Waals surface area contributed by atoms with Crippen molar-refractivity contribution >= 4 is 17.8 Å². The first-order valence-corrected chi connectivity index (χ1v) is 7.92. The van der Waals surface area contributed by atoms with Crippen LogP contribution < -0.4 is 4.74 Å². The molecule has 0 fully saturated rings. The summed E-state index contributed by atoms with van der Waals surface area (Å²) in [6, 6.07) is 5.53. The summed E-state index contributed by atoms with van der Waals surface area (Å²) < 4.78 is 13.8. The highest BCUT2D eigenvalue weighted by molar-refractivity contribution is 6.30. The molecule has 1 unspecified atom stereocenters. The van der Waals surface area contributed by atoms with E-state index in [4.69, 9.17) is 21.1 Å². The number of hydrogen-bond donors (Lipinski definition) is 0. The van der Waals surface area contributed by atoms with Crippen LogP contribution in [0, 0.1) is 12.3 Å². The Kier molecular flexibility index (Phi) is 5.37. The third kappa shape index (κ3) is 5.03. The smallest absolute Gasteiger partial charge is 0.238 e. The minimum Gasteiger partial charge on any atom is -0.457 e. The summed E-state index contributed by atoms with van der Waals surface area (Å²) >= 11 is 5.97. The molecule has 0 amide bonds. The maximum absolute atomic E-state index is 6.03. The average molecular weight is 335 g/mol. The van der Waals surface area contributed by atoms with E-state index in [2.05, 4.69) is 25.8 Å². The zero-order valence-electron chi connectivity index (χ0n) is 14.2. The van der Waals surface area contributed by atoms with E-state index in [1.807, 2.05) is 49.0 Å². The molecule has 2 aromatic rings. The zero-order valence-corrected chi connectivity index (χ0v) is 15.0. The van der Waals surface area contributed by atoms with Crippen molar-refractivity contribution < 1.29 is 9.47 Å². The van der Waals surface area contributed by atoms with Gasteiger partial charge >= 0.3 is 0 Å². The lowest BCUT2D eigenvalue weighted by atomic mass is 9.94. The predicted molar refractivity (Wildman–Crippen MR) is 93.3 cm³/mol. The average Bonchev–Trinajstić information content (AvgIpc) is 2.93. The maximum atomic E-state index is 6.03. The maximum Gasteiger partial charge on any atom is 0.238 e. The van der Waals surface area contributed by atoms with Crippen molar-refractivity contribution in [3.05, 3.63) is 53.3 Å². The molecule has 124 valence electrons. The lowest BCUT2D eigenvalue weighted by Crippen LogP contribution is -2.22. The Morgan fingerprint density at radius 2 is 2.09 bits per heavy atom. The first kappa shape index (κ1) is 17.4. The van der Waals surface area contributed by atoms with Crippen LogP contribution in [0.25, 0.3) is 6.20 Å². The molecule has 5 heteroatoms. The fourth-order valence-electron chi connectivity index (χ4n) is 2.01. The van der Waals surface area contributed by atoms with Crippen LogP contribution in [0.1, 0.15) is 33.3 Å². The van der Waals surface area contributed by atoms with Crippen molar-refractivity contribution in [2.24, 2.45) is 5.41 Å². The molecule has 1 aromatic heterocycles. The standard InChI is InChI=1S/C18H23ClN2O2/c1-13-10-15(19)6-7-16(13)22-14(2)23-17(18(3,4)5)11-21-9-8-20-12-21/h6-12,14H,1-5H3/b17-11-. The van der Waals surface area contributed by atoms with Gasteiger partial charge in [-0.05, 0) is 30.7 Å². The van der Waals surface area contributed by atoms with E-state index in [1.165, 1.54) is 0 Å². The number of ether oxygens (including phenoxy) is 2. The predicted octanol–water partition coefficient (Wildman–Crippen LogP) is 5.13. The van der Waals surface area contributed by atoms with Crippen LogP contribution in [0.4, 0.5) is 0 Å². The minimum atomic E-state index is -0.427. The van der Waals surface area contributed by atoms with Crippen molar-refractivity contribution in [1.29, 1.82) is 0 Å². The van der Waals surface area contributed by atoms with Gasteiger partial charge in [-0.15, -0.1) is 0 Å². The number of rotatable bonds is 5. The fourth-order valence-corrected chi connectivity index (χ4v) is 2.24. The van der Waals surface area contributed by atoms with Gasteiger partial charge in [0.05, 0.1) is 6.33 Å². The van der Waals surface area contributed by atoms with Crippen LogP contribution in [0.5, 0.6) is 5.75 Å². The largest absolute Gasteiger partial charge is 0.457 e. The molecule has 0 bridgehead atoms. The summed E-state index contributed by atoms with van der Waals surface area (Å²) in [5.74, 6) is 1.58. The Morgan fingerprint density at radius 3 is 2.65 bits per heavy atom. The highest BCUT2D eigenvalue weighted by atomic mass is 35.5. The second-order valence-electron chi connectivity index (χ2n) is 6.47. The summed E-state index contributed by atoms with van der Waals surface area (Å²) in [6.07, 6.45) is 6.81. The van der Waals surface area contributed by atoms with E-state index in [0.29, 0.717) is 5.02 Å². The van der Waals surface area contributed by atoms with Crippen molar-refractivity contribution in [3.63, 3.8) is 0 Å². The summed E-state index contributed by atoms with van der Waals surface area (Å²) in [5, 5.41) is 0.693. The van der Waals surface area contributed by atoms with Gasteiger partial charge in [0, 0.05) is 36.0 Å². The van der Waals surface area contributed by atoms with Crippen molar-refractivity contribution in [2.45, 2.75) is 40.9 Å². The van der Waals surface area contributed by atoms with Crippen LogP contribution in [-0.2, 0) is 4.74 Å². The number of aromatic nitrogens is 2. The number of nitrogens with zero attached hydrogens (tertiary/aromatic N) is 2. The van der Waals surface area contributed by atoms with Gasteiger partial charge in [-0.2, -0.15) is 0 Å². The number of allylic oxidation sites excluding steroid dienone is 1. The molecule has 0 aliphatic rings. The molecular formula is C18H23ClN2O2. The van der Waals surface area contributed by atoms with Crippen molar-refractivity contribution in [3.8, 4) is 5.75 Å². The number of benzene rings is 1. The second-order valence-corrected chi connectivity index (χ2v) is 6.90. The van der Waals surface area contributed by atoms with E-state index >= 15 is 0 Å². The quantitative estimate of drug-likeness (QED) is 0.561. The Hall–Kier alpha value is -1.94. The van der Waals surface area contributed by atoms with Crippen LogP contribution in [-0.4, -0.2) is 15.8 Å². The van der Waals surface area contributed by atoms with E-state index in [-0.39, 0.29) is 5.41 Å². The number of halogens is 1. The summed E-state index contributed by atoms with van der Waals surface area (Å²) in [7, 11) is 0. The van der Waals surface area contributed by atoms with E-state index in [1.54, 1.807) is 12.5 Å². The zero-order chi connectivity index (χ0) is 17.0. The van der Waals surface area contributed by atoms with E-state index < -0.39 is 6.29 Å². The van der Waals surface area contributed by atoms with E-state index in [9.17, 15) is 0 Å². The topological polar surface area (TPSA) is 36.3 Å².